The Kier molecular flexibility index (Phi) is 4.22. The summed E-state index contributed by atoms with van der Waals surface area (Å²) in [6.07, 6.45) is 0. The van der Waals surface area contributed by atoms with Crippen LogP contribution in [0.2, 0.25) is 10.0 Å². The Bertz CT molecular complexity index is 245. The Balaban J connectivity index is 2.72. The Morgan fingerprint density at radius 3 is 2.25 bits per heavy atom. The van der Waals surface area contributed by atoms with E-state index in [0.717, 1.165) is 10.6 Å². The molecule has 0 aliphatic carbocycles. The second-order valence-electron chi connectivity index (χ2n) is 2.24. The molecule has 0 aromatic heterocycles. The summed E-state index contributed by atoms with van der Waals surface area (Å²) in [5.74, 6) is 0.886. The number of halogens is 2. The zero-order chi connectivity index (χ0) is 8.97. The molecular formula is C8H9Cl2NS. The van der Waals surface area contributed by atoms with Gasteiger partial charge in [-0.15, -0.1) is 11.8 Å². The van der Waals surface area contributed by atoms with Crippen molar-refractivity contribution in [1.82, 2.24) is 0 Å². The molecule has 0 bridgehead atoms. The highest BCUT2D eigenvalue weighted by Crippen LogP contribution is 2.25. The molecule has 66 valence electrons. The quantitative estimate of drug-likeness (QED) is 0.795. The number of nitrogens with two attached hydrogens (primary N) is 1. The molecule has 1 aromatic carbocycles. The van der Waals surface area contributed by atoms with Crippen LogP contribution in [0.5, 0.6) is 0 Å². The number of benzene rings is 1. The predicted octanol–water partition coefficient (Wildman–Crippen LogP) is 3.04. The van der Waals surface area contributed by atoms with Gasteiger partial charge in [0.25, 0.3) is 0 Å². The summed E-state index contributed by atoms with van der Waals surface area (Å²) >= 11 is 13.3. The molecule has 0 unspecified atom stereocenters. The van der Waals surface area contributed by atoms with Crippen LogP contribution in [0.15, 0.2) is 23.1 Å². The van der Waals surface area contributed by atoms with E-state index in [1.807, 2.05) is 12.1 Å². The van der Waals surface area contributed by atoms with Crippen LogP contribution in [0.25, 0.3) is 0 Å². The lowest BCUT2D eigenvalue weighted by Crippen LogP contribution is -2.00. The van der Waals surface area contributed by atoms with E-state index in [4.69, 9.17) is 28.9 Å². The summed E-state index contributed by atoms with van der Waals surface area (Å²) in [6.45, 7) is 0.662. The lowest BCUT2D eigenvalue weighted by atomic mass is 10.4. The molecule has 1 aromatic rings. The molecular weight excluding hydrogens is 213 g/mol. The van der Waals surface area contributed by atoms with Crippen molar-refractivity contribution in [3.63, 3.8) is 0 Å². The van der Waals surface area contributed by atoms with Crippen molar-refractivity contribution in [2.45, 2.75) is 4.90 Å². The first kappa shape index (κ1) is 10.2. The van der Waals surface area contributed by atoms with Crippen LogP contribution in [-0.2, 0) is 0 Å². The molecule has 0 heterocycles. The van der Waals surface area contributed by atoms with Gasteiger partial charge in [-0.1, -0.05) is 23.2 Å². The van der Waals surface area contributed by atoms with E-state index in [9.17, 15) is 0 Å². The number of rotatable bonds is 3. The molecule has 12 heavy (non-hydrogen) atoms. The van der Waals surface area contributed by atoms with Gasteiger partial charge in [-0.3, -0.25) is 0 Å². The third-order valence-corrected chi connectivity index (χ3v) is 2.67. The van der Waals surface area contributed by atoms with Crippen molar-refractivity contribution >= 4 is 35.0 Å². The third-order valence-electron chi connectivity index (χ3n) is 1.22. The lowest BCUT2D eigenvalue weighted by Gasteiger charge is -2.00. The average Bonchev–Trinajstić information content (AvgIpc) is 1.99. The van der Waals surface area contributed by atoms with Crippen LogP contribution in [-0.4, -0.2) is 12.3 Å². The van der Waals surface area contributed by atoms with Gasteiger partial charge in [-0.05, 0) is 18.2 Å². The number of hydrogen-bond acceptors (Lipinski definition) is 2. The molecule has 0 saturated heterocycles. The van der Waals surface area contributed by atoms with E-state index in [1.165, 1.54) is 0 Å². The van der Waals surface area contributed by atoms with Crippen molar-refractivity contribution in [3.8, 4) is 0 Å². The van der Waals surface area contributed by atoms with Crippen LogP contribution >= 0.6 is 35.0 Å². The van der Waals surface area contributed by atoms with Gasteiger partial charge in [-0.25, -0.2) is 0 Å². The molecule has 2 N–H and O–H groups in total. The molecule has 0 spiro atoms. The maximum absolute atomic E-state index is 5.80. The first-order chi connectivity index (χ1) is 5.72. The largest absolute Gasteiger partial charge is 0.330 e. The van der Waals surface area contributed by atoms with Gasteiger partial charge in [0.2, 0.25) is 0 Å². The van der Waals surface area contributed by atoms with Crippen molar-refractivity contribution in [2.75, 3.05) is 12.3 Å². The van der Waals surface area contributed by atoms with Crippen molar-refractivity contribution < 1.29 is 0 Å². The highest BCUT2D eigenvalue weighted by molar-refractivity contribution is 7.99. The van der Waals surface area contributed by atoms with Gasteiger partial charge in [0.15, 0.2) is 0 Å². The number of thioether (sulfide) groups is 1. The van der Waals surface area contributed by atoms with E-state index >= 15 is 0 Å². The zero-order valence-corrected chi connectivity index (χ0v) is 8.72. The number of hydrogen-bond donors (Lipinski definition) is 1. The first-order valence-corrected chi connectivity index (χ1v) is 5.25. The molecule has 0 saturated carbocycles. The van der Waals surface area contributed by atoms with Gasteiger partial charge in [0.1, 0.15) is 0 Å². The normalized spacial score (nSPS) is 10.2. The maximum Gasteiger partial charge on any atom is 0.0431 e. The molecule has 0 radical (unpaired) electrons. The fraction of sp³-hybridized carbons (Fsp3) is 0.250. The molecule has 0 aliphatic heterocycles. The minimum Gasteiger partial charge on any atom is -0.330 e. The first-order valence-electron chi connectivity index (χ1n) is 3.51. The predicted molar refractivity (Wildman–Crippen MR) is 56.2 cm³/mol. The smallest absolute Gasteiger partial charge is 0.0431 e. The highest BCUT2D eigenvalue weighted by Gasteiger charge is 1.97. The maximum atomic E-state index is 5.80. The Morgan fingerprint density at radius 1 is 1.17 bits per heavy atom. The SMILES string of the molecule is NCCSc1cc(Cl)cc(Cl)c1. The van der Waals surface area contributed by atoms with Crippen LogP contribution < -0.4 is 5.73 Å². The molecule has 0 fully saturated rings. The van der Waals surface area contributed by atoms with E-state index < -0.39 is 0 Å². The van der Waals surface area contributed by atoms with Crippen LogP contribution in [0.4, 0.5) is 0 Å². The van der Waals surface area contributed by atoms with E-state index in [0.29, 0.717) is 16.6 Å². The van der Waals surface area contributed by atoms with Crippen LogP contribution in [0, 0.1) is 0 Å². The minimum atomic E-state index is 0.662. The fourth-order valence-electron chi connectivity index (χ4n) is 0.789. The lowest BCUT2D eigenvalue weighted by molar-refractivity contribution is 1.15. The molecule has 1 nitrogen and oxygen atoms in total. The molecule has 0 atom stereocenters. The van der Waals surface area contributed by atoms with E-state index in [1.54, 1.807) is 17.8 Å². The summed E-state index contributed by atoms with van der Waals surface area (Å²) in [5.41, 5.74) is 5.37. The van der Waals surface area contributed by atoms with Crippen LogP contribution in [0.3, 0.4) is 0 Å². The Hall–Kier alpha value is 0.110. The van der Waals surface area contributed by atoms with Gasteiger partial charge < -0.3 is 5.73 Å². The van der Waals surface area contributed by atoms with Gasteiger partial charge in [-0.2, -0.15) is 0 Å². The monoisotopic (exact) mass is 221 g/mol. The molecule has 0 aliphatic rings. The summed E-state index contributed by atoms with van der Waals surface area (Å²) < 4.78 is 0. The van der Waals surface area contributed by atoms with Crippen molar-refractivity contribution in [2.24, 2.45) is 5.73 Å². The van der Waals surface area contributed by atoms with E-state index in [-0.39, 0.29) is 0 Å². The van der Waals surface area contributed by atoms with Crippen molar-refractivity contribution in [1.29, 1.82) is 0 Å². The zero-order valence-electron chi connectivity index (χ0n) is 6.39. The highest BCUT2D eigenvalue weighted by atomic mass is 35.5. The van der Waals surface area contributed by atoms with Crippen molar-refractivity contribution in [3.05, 3.63) is 28.2 Å². The minimum absolute atomic E-state index is 0.662. The van der Waals surface area contributed by atoms with E-state index in [2.05, 4.69) is 0 Å². The average molecular weight is 222 g/mol. The molecule has 1 rings (SSSR count). The summed E-state index contributed by atoms with van der Waals surface area (Å²) in [5, 5.41) is 1.34. The standard InChI is InChI=1S/C8H9Cl2NS/c9-6-3-7(10)5-8(4-6)12-2-1-11/h3-5H,1-2,11H2. The molecule has 0 amide bonds. The fourth-order valence-corrected chi connectivity index (χ4v) is 2.22. The second kappa shape index (κ2) is 4.97. The second-order valence-corrected chi connectivity index (χ2v) is 4.28. The Labute approximate surface area is 86.2 Å². The van der Waals surface area contributed by atoms with Gasteiger partial charge in [0.05, 0.1) is 0 Å². The summed E-state index contributed by atoms with van der Waals surface area (Å²) in [7, 11) is 0. The van der Waals surface area contributed by atoms with Gasteiger partial charge >= 0.3 is 0 Å². The van der Waals surface area contributed by atoms with Gasteiger partial charge in [0, 0.05) is 27.2 Å². The summed E-state index contributed by atoms with van der Waals surface area (Å²) in [6, 6.07) is 5.48. The third kappa shape index (κ3) is 3.23. The van der Waals surface area contributed by atoms with Crippen LogP contribution in [0.1, 0.15) is 0 Å². The summed E-state index contributed by atoms with van der Waals surface area (Å²) in [4.78, 5) is 1.07. The Morgan fingerprint density at radius 2 is 1.75 bits per heavy atom. The topological polar surface area (TPSA) is 26.0 Å². The molecule has 4 heteroatoms.